The van der Waals surface area contributed by atoms with Gasteiger partial charge in [0.2, 0.25) is 0 Å². The molecule has 132 valence electrons. The van der Waals surface area contributed by atoms with E-state index in [1.807, 2.05) is 0 Å². The zero-order valence-electron chi connectivity index (χ0n) is 15.9. The summed E-state index contributed by atoms with van der Waals surface area (Å²) in [6.07, 6.45) is 24.3. The molecule has 0 aromatic rings. The molecule has 0 aliphatic rings. The molecule has 0 atom stereocenters. The number of unbranched alkanes of at least 4 members (excludes halogenated alkanes) is 12. The minimum Gasteiger partial charge on any atom is -0.303 e. The van der Waals surface area contributed by atoms with Gasteiger partial charge >= 0.3 is 0 Å². The molecule has 22 heavy (non-hydrogen) atoms. The lowest BCUT2D eigenvalue weighted by atomic mass is 10.1. The average molecular weight is 310 g/mol. The van der Waals surface area contributed by atoms with Crippen molar-refractivity contribution in [2.45, 2.75) is 104 Å². The van der Waals surface area contributed by atoms with Crippen LogP contribution < -0.4 is 0 Å². The van der Waals surface area contributed by atoms with Crippen molar-refractivity contribution in [3.05, 3.63) is 12.2 Å². The van der Waals surface area contributed by atoms with Gasteiger partial charge in [-0.3, -0.25) is 0 Å². The van der Waals surface area contributed by atoms with Gasteiger partial charge in [0.15, 0.2) is 0 Å². The fourth-order valence-corrected chi connectivity index (χ4v) is 2.84. The highest BCUT2D eigenvalue weighted by Gasteiger charge is 1.96. The van der Waals surface area contributed by atoms with Crippen LogP contribution in [0, 0.1) is 0 Å². The Balaban J connectivity index is 3.23. The maximum atomic E-state index is 2.46. The zero-order valence-corrected chi connectivity index (χ0v) is 15.9. The lowest BCUT2D eigenvalue weighted by Crippen LogP contribution is -2.19. The Hall–Kier alpha value is -0.300. The van der Waals surface area contributed by atoms with Crippen LogP contribution in [0.25, 0.3) is 0 Å². The molecule has 1 nitrogen and oxygen atoms in total. The molecular weight excluding hydrogens is 266 g/mol. The summed E-state index contributed by atoms with van der Waals surface area (Å²) in [5, 5.41) is 0. The number of rotatable bonds is 17. The van der Waals surface area contributed by atoms with Gasteiger partial charge in [-0.15, -0.1) is 0 Å². The van der Waals surface area contributed by atoms with Gasteiger partial charge in [0, 0.05) is 6.54 Å². The molecule has 0 spiro atoms. The van der Waals surface area contributed by atoms with Gasteiger partial charge < -0.3 is 4.90 Å². The smallest absolute Gasteiger partial charge is 0.0160 e. The van der Waals surface area contributed by atoms with Crippen LogP contribution >= 0.6 is 0 Å². The summed E-state index contributed by atoms with van der Waals surface area (Å²) in [4.78, 5) is 2.46. The van der Waals surface area contributed by atoms with E-state index in [9.17, 15) is 0 Å². The van der Waals surface area contributed by atoms with E-state index >= 15 is 0 Å². The normalized spacial score (nSPS) is 11.8. The summed E-state index contributed by atoms with van der Waals surface area (Å²) in [7, 11) is 2.26. The predicted molar refractivity (Wildman–Crippen MR) is 103 cm³/mol. The maximum absolute atomic E-state index is 2.46. The Morgan fingerprint density at radius 3 is 1.68 bits per heavy atom. The molecule has 0 N–H and O–H groups in total. The fourth-order valence-electron chi connectivity index (χ4n) is 2.84. The monoisotopic (exact) mass is 309 g/mol. The van der Waals surface area contributed by atoms with E-state index in [2.05, 4.69) is 37.9 Å². The summed E-state index contributed by atoms with van der Waals surface area (Å²) in [6.45, 7) is 6.96. The van der Waals surface area contributed by atoms with Gasteiger partial charge in [-0.05, 0) is 32.9 Å². The van der Waals surface area contributed by atoms with Crippen LogP contribution in [0.4, 0.5) is 0 Å². The number of hydrogen-bond donors (Lipinski definition) is 0. The summed E-state index contributed by atoms with van der Waals surface area (Å²) in [5.74, 6) is 0. The molecule has 1 heteroatoms. The van der Waals surface area contributed by atoms with Crippen molar-refractivity contribution in [2.24, 2.45) is 0 Å². The molecular formula is C21H43N. The number of nitrogens with zero attached hydrogens (tertiary/aromatic N) is 1. The van der Waals surface area contributed by atoms with E-state index in [1.165, 1.54) is 96.4 Å². The third-order valence-corrected chi connectivity index (χ3v) is 4.45. The highest BCUT2D eigenvalue weighted by Crippen LogP contribution is 2.09. The van der Waals surface area contributed by atoms with Crippen molar-refractivity contribution >= 4 is 0 Å². The van der Waals surface area contributed by atoms with Gasteiger partial charge in [-0.1, -0.05) is 96.6 Å². The molecule has 0 heterocycles. The van der Waals surface area contributed by atoms with Crippen molar-refractivity contribution in [1.29, 1.82) is 0 Å². The maximum Gasteiger partial charge on any atom is 0.0160 e. The van der Waals surface area contributed by atoms with Gasteiger partial charge in [0.1, 0.15) is 0 Å². The van der Waals surface area contributed by atoms with E-state index in [0.717, 1.165) is 6.54 Å². The first-order valence-corrected chi connectivity index (χ1v) is 10.1. The predicted octanol–water partition coefficient (Wildman–Crippen LogP) is 6.98. The van der Waals surface area contributed by atoms with Gasteiger partial charge in [-0.25, -0.2) is 0 Å². The Morgan fingerprint density at radius 2 is 1.09 bits per heavy atom. The number of hydrogen-bond acceptors (Lipinski definition) is 1. The second-order valence-corrected chi connectivity index (χ2v) is 6.91. The molecule has 0 radical (unpaired) electrons. The molecule has 0 fully saturated rings. The average Bonchev–Trinajstić information content (AvgIpc) is 2.52. The Labute approximate surface area is 141 Å². The van der Waals surface area contributed by atoms with Crippen LogP contribution in [0.5, 0.6) is 0 Å². The highest BCUT2D eigenvalue weighted by atomic mass is 15.1. The second kappa shape index (κ2) is 18.7. The Morgan fingerprint density at radius 1 is 0.591 bits per heavy atom. The van der Waals surface area contributed by atoms with E-state index in [0.29, 0.717) is 0 Å². The van der Waals surface area contributed by atoms with Crippen molar-refractivity contribution < 1.29 is 0 Å². The first-order valence-electron chi connectivity index (χ1n) is 10.1. The summed E-state index contributed by atoms with van der Waals surface area (Å²) in [5.41, 5.74) is 0. The summed E-state index contributed by atoms with van der Waals surface area (Å²) in [6, 6.07) is 0. The van der Waals surface area contributed by atoms with Gasteiger partial charge in [0.25, 0.3) is 0 Å². The molecule has 0 bridgehead atoms. The lowest BCUT2D eigenvalue weighted by molar-refractivity contribution is 0.355. The van der Waals surface area contributed by atoms with Gasteiger partial charge in [-0.2, -0.15) is 0 Å². The standard InChI is InChI=1S/C21H43N/c1-4-6-8-10-12-14-16-18-20-22(3)21-19-17-15-13-11-9-7-5-2/h16,18H,4-15,17,19-21H2,1-3H3/b18-16+. The van der Waals surface area contributed by atoms with Crippen LogP contribution in [-0.4, -0.2) is 25.0 Å². The van der Waals surface area contributed by atoms with Crippen molar-refractivity contribution in [3.63, 3.8) is 0 Å². The van der Waals surface area contributed by atoms with E-state index < -0.39 is 0 Å². The van der Waals surface area contributed by atoms with E-state index in [1.54, 1.807) is 0 Å². The molecule has 0 rings (SSSR count). The van der Waals surface area contributed by atoms with Crippen LogP contribution in [0.2, 0.25) is 0 Å². The minimum atomic E-state index is 1.13. The number of likely N-dealkylation sites (N-methyl/N-ethyl adjacent to an activating group) is 1. The second-order valence-electron chi connectivity index (χ2n) is 6.91. The first-order chi connectivity index (χ1) is 10.8. The fraction of sp³-hybridized carbons (Fsp3) is 0.905. The van der Waals surface area contributed by atoms with E-state index in [4.69, 9.17) is 0 Å². The third kappa shape index (κ3) is 17.8. The van der Waals surface area contributed by atoms with Crippen molar-refractivity contribution in [3.8, 4) is 0 Å². The van der Waals surface area contributed by atoms with Crippen LogP contribution in [-0.2, 0) is 0 Å². The minimum absolute atomic E-state index is 1.13. The topological polar surface area (TPSA) is 3.24 Å². The Bertz CT molecular complexity index is 222. The molecule has 0 saturated heterocycles. The molecule has 0 aliphatic carbocycles. The van der Waals surface area contributed by atoms with E-state index in [-0.39, 0.29) is 0 Å². The summed E-state index contributed by atoms with van der Waals surface area (Å²) >= 11 is 0. The molecule has 0 aromatic heterocycles. The van der Waals surface area contributed by atoms with Gasteiger partial charge in [0.05, 0.1) is 0 Å². The molecule has 0 unspecified atom stereocenters. The first kappa shape index (κ1) is 21.7. The van der Waals surface area contributed by atoms with Crippen molar-refractivity contribution in [1.82, 2.24) is 4.90 Å². The third-order valence-electron chi connectivity index (χ3n) is 4.45. The molecule has 0 saturated carbocycles. The van der Waals surface area contributed by atoms with Crippen LogP contribution in [0.15, 0.2) is 12.2 Å². The van der Waals surface area contributed by atoms with Crippen LogP contribution in [0.1, 0.15) is 104 Å². The zero-order chi connectivity index (χ0) is 16.3. The SMILES string of the molecule is CCCCCCC/C=C/CN(C)CCCCCCCCCC. The largest absolute Gasteiger partial charge is 0.303 e. The van der Waals surface area contributed by atoms with Crippen LogP contribution in [0.3, 0.4) is 0 Å². The molecule has 0 amide bonds. The summed E-state index contributed by atoms with van der Waals surface area (Å²) < 4.78 is 0. The van der Waals surface area contributed by atoms with Crippen molar-refractivity contribution in [2.75, 3.05) is 20.1 Å². The Kier molecular flexibility index (Phi) is 18.5. The number of allylic oxidation sites excluding steroid dienone is 1. The molecule has 0 aliphatic heterocycles. The highest BCUT2D eigenvalue weighted by molar-refractivity contribution is 4.84. The quantitative estimate of drug-likeness (QED) is 0.207. The molecule has 0 aromatic carbocycles. The lowest BCUT2D eigenvalue weighted by Gasteiger charge is -2.13.